The van der Waals surface area contributed by atoms with Crippen LogP contribution in [0.15, 0.2) is 12.2 Å². The van der Waals surface area contributed by atoms with Crippen molar-refractivity contribution < 1.29 is 32.3 Å². The molecule has 1 heterocycles. The molecular weight excluding hydrogens is 346 g/mol. The van der Waals surface area contributed by atoms with E-state index in [2.05, 4.69) is 11.9 Å². The molecule has 25 heavy (non-hydrogen) atoms. The molecule has 8 nitrogen and oxygen atoms in total. The number of hydrogen-bond acceptors (Lipinski definition) is 8. The first kappa shape index (κ1) is 22.2. The van der Waals surface area contributed by atoms with E-state index in [-0.39, 0.29) is 12.1 Å². The number of nitrogens with one attached hydrogen (secondary N) is 1. The van der Waals surface area contributed by atoms with Gasteiger partial charge in [-0.15, -0.1) is 0 Å². The lowest BCUT2D eigenvalue weighted by Gasteiger charge is -2.26. The molecule has 0 aromatic heterocycles. The predicted octanol–water partition coefficient (Wildman–Crippen LogP) is 1.10. The molecule has 0 aromatic carbocycles. The van der Waals surface area contributed by atoms with E-state index < -0.39 is 8.80 Å². The Hall–Kier alpha value is -0.813. The molecule has 1 atom stereocenters. The Bertz CT molecular complexity index is 400. The maximum atomic E-state index is 11.2. The first-order valence-corrected chi connectivity index (χ1v) is 10.4. The molecule has 0 amide bonds. The number of carbonyl (C=O) groups is 1. The summed E-state index contributed by atoms with van der Waals surface area (Å²) in [5.41, 5.74) is 0.404. The average molecular weight is 378 g/mol. The Balaban J connectivity index is 2.07. The van der Waals surface area contributed by atoms with Gasteiger partial charge in [-0.1, -0.05) is 6.58 Å². The lowest BCUT2D eigenvalue weighted by atomic mass is 10.3. The quantitative estimate of drug-likeness (QED) is 0.107. The lowest BCUT2D eigenvalue weighted by Crippen LogP contribution is -2.46. The molecule has 0 aromatic rings. The van der Waals surface area contributed by atoms with Gasteiger partial charge in [0.05, 0.1) is 26.6 Å². The third-order valence-electron chi connectivity index (χ3n) is 3.57. The summed E-state index contributed by atoms with van der Waals surface area (Å²) in [6, 6.07) is 0.684. The molecule has 1 aliphatic rings. The molecule has 1 N–H and O–H groups in total. The van der Waals surface area contributed by atoms with E-state index in [4.69, 9.17) is 27.5 Å². The summed E-state index contributed by atoms with van der Waals surface area (Å²) in [6.45, 7) is 8.55. The Kier molecular flexibility index (Phi) is 11.1. The van der Waals surface area contributed by atoms with E-state index in [1.807, 2.05) is 0 Å². The van der Waals surface area contributed by atoms with E-state index in [9.17, 15) is 4.79 Å². The van der Waals surface area contributed by atoms with E-state index in [1.165, 1.54) is 0 Å². The number of hydrogen-bond donors (Lipinski definition) is 1. The lowest BCUT2D eigenvalue weighted by molar-refractivity contribution is -0.139. The van der Waals surface area contributed by atoms with Gasteiger partial charge in [-0.25, -0.2) is 4.79 Å². The van der Waals surface area contributed by atoms with Gasteiger partial charge in [-0.3, -0.25) is 5.32 Å². The summed E-state index contributed by atoms with van der Waals surface area (Å²) in [5, 5.41) is 3.13. The smallest absolute Gasteiger partial charge is 0.462 e. The third-order valence-corrected chi connectivity index (χ3v) is 6.37. The summed E-state index contributed by atoms with van der Waals surface area (Å²) in [4.78, 5) is 11.2. The summed E-state index contributed by atoms with van der Waals surface area (Å²) in [6.07, 6.45) is 1.77. The van der Waals surface area contributed by atoms with Crippen LogP contribution in [0.25, 0.3) is 0 Å². The zero-order valence-electron chi connectivity index (χ0n) is 15.5. The van der Waals surface area contributed by atoms with Crippen LogP contribution >= 0.6 is 0 Å². The molecule has 0 saturated carbocycles. The van der Waals surface area contributed by atoms with Crippen molar-refractivity contribution in [3.05, 3.63) is 12.2 Å². The highest BCUT2D eigenvalue weighted by molar-refractivity contribution is 6.60. The molecule has 1 rings (SSSR count). The Labute approximate surface area is 151 Å². The normalized spacial score (nSPS) is 16.7. The summed E-state index contributed by atoms with van der Waals surface area (Å²) >= 11 is 0. The number of rotatable bonds is 16. The topological polar surface area (TPSA) is 87.8 Å². The van der Waals surface area contributed by atoms with Gasteiger partial charge in [0.25, 0.3) is 0 Å². The fourth-order valence-corrected chi connectivity index (χ4v) is 3.82. The van der Waals surface area contributed by atoms with Crippen molar-refractivity contribution in [2.45, 2.75) is 31.9 Å². The largest absolute Gasteiger partial charge is 0.501 e. The minimum atomic E-state index is -2.68. The third kappa shape index (κ3) is 10.0. The fourth-order valence-electron chi connectivity index (χ4n) is 1.97. The molecule has 1 aliphatic heterocycles. The van der Waals surface area contributed by atoms with Gasteiger partial charge < -0.3 is 27.5 Å². The van der Waals surface area contributed by atoms with Gasteiger partial charge in [0.15, 0.2) is 0 Å². The van der Waals surface area contributed by atoms with Crippen LogP contribution in [0.5, 0.6) is 0 Å². The minimum Gasteiger partial charge on any atom is -0.462 e. The van der Waals surface area contributed by atoms with Crippen molar-refractivity contribution in [3.63, 3.8) is 0 Å². The molecule has 146 valence electrons. The van der Waals surface area contributed by atoms with Crippen molar-refractivity contribution >= 4 is 14.8 Å². The van der Waals surface area contributed by atoms with Crippen molar-refractivity contribution in [1.29, 1.82) is 0 Å². The van der Waals surface area contributed by atoms with E-state index in [0.717, 1.165) is 13.0 Å². The Morgan fingerprint density at radius 1 is 1.28 bits per heavy atom. The highest BCUT2D eigenvalue weighted by atomic mass is 28.4. The monoisotopic (exact) mass is 377 g/mol. The van der Waals surface area contributed by atoms with Gasteiger partial charge >= 0.3 is 14.8 Å². The standard InChI is InChI=1S/C16H31NO7Si/c1-14(2)16(18)22-9-5-7-17-13-24-25(19-3,20-4)10-6-8-21-11-15-12-23-15/h15,17H,1,5-13H2,2-4H3. The first-order valence-electron chi connectivity index (χ1n) is 8.50. The molecule has 0 aliphatic carbocycles. The van der Waals surface area contributed by atoms with Crippen molar-refractivity contribution in [1.82, 2.24) is 5.32 Å². The minimum absolute atomic E-state index is 0.280. The number of ether oxygens (including phenoxy) is 3. The number of epoxide rings is 1. The second kappa shape index (κ2) is 12.5. The molecule has 0 bridgehead atoms. The van der Waals surface area contributed by atoms with Crippen molar-refractivity contribution in [3.8, 4) is 0 Å². The van der Waals surface area contributed by atoms with Crippen molar-refractivity contribution in [2.75, 3.05) is 53.9 Å². The van der Waals surface area contributed by atoms with Gasteiger partial charge in [0.1, 0.15) is 6.10 Å². The van der Waals surface area contributed by atoms with E-state index >= 15 is 0 Å². The average Bonchev–Trinajstić information content (AvgIpc) is 3.43. The Morgan fingerprint density at radius 3 is 2.60 bits per heavy atom. The molecule has 0 spiro atoms. The zero-order valence-corrected chi connectivity index (χ0v) is 16.5. The van der Waals surface area contributed by atoms with Crippen molar-refractivity contribution in [2.24, 2.45) is 0 Å². The van der Waals surface area contributed by atoms with Crippen LogP contribution in [0.1, 0.15) is 19.8 Å². The number of carbonyl (C=O) groups excluding carboxylic acids is 1. The number of esters is 1. The zero-order chi connectivity index (χ0) is 18.5. The van der Waals surface area contributed by atoms with Crippen LogP contribution in [-0.2, 0) is 32.3 Å². The highest BCUT2D eigenvalue weighted by Gasteiger charge is 2.38. The fraction of sp³-hybridized carbons (Fsp3) is 0.812. The second-order valence-corrected chi connectivity index (χ2v) is 8.75. The molecule has 0 radical (unpaired) electrons. The van der Waals surface area contributed by atoms with Crippen LogP contribution in [-0.4, -0.2) is 74.8 Å². The Morgan fingerprint density at radius 2 is 2.00 bits per heavy atom. The van der Waals surface area contributed by atoms with Crippen LogP contribution < -0.4 is 5.32 Å². The predicted molar refractivity (Wildman–Crippen MR) is 94.1 cm³/mol. The summed E-state index contributed by atoms with van der Waals surface area (Å²) < 4.78 is 32.4. The van der Waals surface area contributed by atoms with E-state index in [1.54, 1.807) is 21.1 Å². The van der Waals surface area contributed by atoms with Gasteiger partial charge in [-0.05, 0) is 19.8 Å². The molecule has 1 saturated heterocycles. The van der Waals surface area contributed by atoms with Crippen LogP contribution in [0.4, 0.5) is 0 Å². The maximum absolute atomic E-state index is 11.2. The van der Waals surface area contributed by atoms with Gasteiger partial charge in [0, 0.05) is 39.0 Å². The van der Waals surface area contributed by atoms with Crippen LogP contribution in [0.2, 0.25) is 6.04 Å². The SMILES string of the molecule is C=C(C)C(=O)OCCCNCO[Si](CCCOCC1CO1)(OC)OC. The second-order valence-electron chi connectivity index (χ2n) is 5.78. The first-order chi connectivity index (χ1) is 12.0. The van der Waals surface area contributed by atoms with Crippen LogP contribution in [0, 0.1) is 0 Å². The van der Waals surface area contributed by atoms with E-state index in [0.29, 0.717) is 51.1 Å². The molecule has 9 heteroatoms. The van der Waals surface area contributed by atoms with Crippen LogP contribution in [0.3, 0.4) is 0 Å². The summed E-state index contributed by atoms with van der Waals surface area (Å²) in [7, 11) is 0.529. The summed E-state index contributed by atoms with van der Waals surface area (Å²) in [5.74, 6) is -0.364. The van der Waals surface area contributed by atoms with Gasteiger partial charge in [0.2, 0.25) is 0 Å². The molecular formula is C16H31NO7Si. The molecule has 1 fully saturated rings. The maximum Gasteiger partial charge on any atom is 0.501 e. The van der Waals surface area contributed by atoms with Gasteiger partial charge in [-0.2, -0.15) is 0 Å². The molecule has 1 unspecified atom stereocenters. The highest BCUT2D eigenvalue weighted by Crippen LogP contribution is 2.16.